The van der Waals surface area contributed by atoms with Crippen molar-refractivity contribution >= 4 is 0 Å². The van der Waals surface area contributed by atoms with E-state index in [4.69, 9.17) is 0 Å². The summed E-state index contributed by atoms with van der Waals surface area (Å²) in [5.74, 6) is 0.330. The number of rotatable bonds is 8. The minimum Gasteiger partial charge on any atom is -0.316 e. The van der Waals surface area contributed by atoms with E-state index < -0.39 is 11.6 Å². The Hall–Kier alpha value is -0.960. The highest BCUT2D eigenvalue weighted by molar-refractivity contribution is 5.25. The maximum Gasteiger partial charge on any atom is 0.129 e. The third kappa shape index (κ3) is 6.00. The van der Waals surface area contributed by atoms with E-state index in [1.54, 1.807) is 13.0 Å². The topological polar surface area (TPSA) is 12.0 Å². The molecule has 1 atom stereocenters. The molecule has 20 heavy (non-hydrogen) atoms. The average molecular weight is 283 g/mol. The Bertz CT molecular complexity index is 416. The molecule has 3 heteroatoms. The van der Waals surface area contributed by atoms with Crippen LogP contribution in [0.2, 0.25) is 0 Å². The quantitative estimate of drug-likeness (QED) is 0.694. The lowest BCUT2D eigenvalue weighted by Gasteiger charge is -2.13. The van der Waals surface area contributed by atoms with Crippen molar-refractivity contribution in [1.29, 1.82) is 0 Å². The molecule has 114 valence electrons. The molecular formula is C17H27F2N. The predicted octanol–water partition coefficient (Wildman–Crippen LogP) is 4.48. The fourth-order valence-corrected chi connectivity index (χ4v) is 2.19. The lowest BCUT2D eigenvalue weighted by molar-refractivity contribution is 0.450. The number of benzene rings is 1. The van der Waals surface area contributed by atoms with Crippen LogP contribution >= 0.6 is 0 Å². The number of halogens is 2. The van der Waals surface area contributed by atoms with Crippen LogP contribution in [0.25, 0.3) is 0 Å². The summed E-state index contributed by atoms with van der Waals surface area (Å²) >= 11 is 0. The molecule has 0 spiro atoms. The number of hydrogen-bond acceptors (Lipinski definition) is 1. The molecule has 0 aliphatic rings. The molecule has 0 saturated carbocycles. The zero-order valence-electron chi connectivity index (χ0n) is 13.1. The molecule has 0 aromatic heterocycles. The summed E-state index contributed by atoms with van der Waals surface area (Å²) in [6, 6.07) is 2.63. The van der Waals surface area contributed by atoms with Gasteiger partial charge in [-0.2, -0.15) is 0 Å². The number of nitrogens with one attached hydrogen (secondary N) is 1. The highest BCUT2D eigenvalue weighted by Gasteiger charge is 2.09. The molecule has 1 rings (SSSR count). The van der Waals surface area contributed by atoms with Crippen molar-refractivity contribution in [1.82, 2.24) is 5.32 Å². The Balaban J connectivity index is 2.34. The average Bonchev–Trinajstić information content (AvgIpc) is 2.37. The van der Waals surface area contributed by atoms with E-state index in [-0.39, 0.29) is 0 Å². The van der Waals surface area contributed by atoms with Crippen molar-refractivity contribution < 1.29 is 8.78 Å². The lowest BCUT2D eigenvalue weighted by atomic mass is 9.97. The van der Waals surface area contributed by atoms with Gasteiger partial charge in [0.15, 0.2) is 0 Å². The van der Waals surface area contributed by atoms with Crippen LogP contribution in [0.3, 0.4) is 0 Å². The summed E-state index contributed by atoms with van der Waals surface area (Å²) in [5.41, 5.74) is 1.15. The smallest absolute Gasteiger partial charge is 0.129 e. The minimum atomic E-state index is -0.461. The van der Waals surface area contributed by atoms with Crippen LogP contribution in [0.1, 0.15) is 44.7 Å². The Morgan fingerprint density at radius 2 is 1.75 bits per heavy atom. The SMILES string of the molecule is Cc1cc(CCC(C)CCNCC(C)C)c(F)cc1F. The molecule has 0 saturated heterocycles. The van der Waals surface area contributed by atoms with E-state index in [0.717, 1.165) is 32.0 Å². The van der Waals surface area contributed by atoms with E-state index in [9.17, 15) is 8.78 Å². The van der Waals surface area contributed by atoms with Gasteiger partial charge >= 0.3 is 0 Å². The molecule has 0 fully saturated rings. The summed E-state index contributed by atoms with van der Waals surface area (Å²) in [6.07, 6.45) is 2.71. The van der Waals surface area contributed by atoms with Gasteiger partial charge in [-0.15, -0.1) is 0 Å². The molecule has 1 nitrogen and oxygen atoms in total. The summed E-state index contributed by atoms with van der Waals surface area (Å²) in [7, 11) is 0. The van der Waals surface area contributed by atoms with Crippen LogP contribution in [0.15, 0.2) is 12.1 Å². The zero-order valence-corrected chi connectivity index (χ0v) is 13.1. The van der Waals surface area contributed by atoms with E-state index in [2.05, 4.69) is 26.1 Å². The number of hydrogen-bond donors (Lipinski definition) is 1. The van der Waals surface area contributed by atoms with E-state index in [0.29, 0.717) is 29.4 Å². The molecule has 0 radical (unpaired) electrons. The summed E-state index contributed by atoms with van der Waals surface area (Å²) in [4.78, 5) is 0. The van der Waals surface area contributed by atoms with Crippen LogP contribution in [0.4, 0.5) is 8.78 Å². The zero-order chi connectivity index (χ0) is 15.1. The van der Waals surface area contributed by atoms with Crippen LogP contribution in [0.5, 0.6) is 0 Å². The Morgan fingerprint density at radius 3 is 2.40 bits per heavy atom. The Kier molecular flexibility index (Phi) is 7.14. The molecule has 1 aromatic carbocycles. The van der Waals surface area contributed by atoms with E-state index >= 15 is 0 Å². The monoisotopic (exact) mass is 283 g/mol. The van der Waals surface area contributed by atoms with Gasteiger partial charge in [0.05, 0.1) is 0 Å². The molecule has 0 amide bonds. The first-order valence-electron chi connectivity index (χ1n) is 7.55. The molecular weight excluding hydrogens is 256 g/mol. The standard InChI is InChI=1S/C17H27F2N/c1-12(2)11-20-8-7-13(3)5-6-15-9-14(4)16(18)10-17(15)19/h9-10,12-13,20H,5-8,11H2,1-4H3. The van der Waals surface area contributed by atoms with Gasteiger partial charge in [0.2, 0.25) is 0 Å². The van der Waals surface area contributed by atoms with Crippen LogP contribution in [-0.2, 0) is 6.42 Å². The molecule has 0 heterocycles. The van der Waals surface area contributed by atoms with Crippen LogP contribution in [-0.4, -0.2) is 13.1 Å². The second-order valence-electron chi connectivity index (χ2n) is 6.22. The second kappa shape index (κ2) is 8.35. The molecule has 0 bridgehead atoms. The van der Waals surface area contributed by atoms with Gasteiger partial charge in [-0.05, 0) is 62.2 Å². The van der Waals surface area contributed by atoms with Gasteiger partial charge in [-0.25, -0.2) is 8.78 Å². The third-order valence-electron chi connectivity index (χ3n) is 3.60. The van der Waals surface area contributed by atoms with Crippen molar-refractivity contribution in [2.24, 2.45) is 11.8 Å². The van der Waals surface area contributed by atoms with E-state index in [1.807, 2.05) is 0 Å². The first-order chi connectivity index (χ1) is 9.40. The van der Waals surface area contributed by atoms with Crippen molar-refractivity contribution in [2.75, 3.05) is 13.1 Å². The molecule has 0 aliphatic heterocycles. The first kappa shape index (κ1) is 17.1. The van der Waals surface area contributed by atoms with Gasteiger partial charge < -0.3 is 5.32 Å². The second-order valence-corrected chi connectivity index (χ2v) is 6.22. The molecule has 1 unspecified atom stereocenters. The summed E-state index contributed by atoms with van der Waals surface area (Å²) < 4.78 is 26.8. The summed E-state index contributed by atoms with van der Waals surface area (Å²) in [5, 5.41) is 3.42. The van der Waals surface area contributed by atoms with Crippen molar-refractivity contribution in [3.63, 3.8) is 0 Å². The molecule has 0 aliphatic carbocycles. The van der Waals surface area contributed by atoms with Crippen molar-refractivity contribution in [2.45, 2.75) is 47.0 Å². The van der Waals surface area contributed by atoms with Crippen molar-refractivity contribution in [3.8, 4) is 0 Å². The highest BCUT2D eigenvalue weighted by Crippen LogP contribution is 2.18. The fraction of sp³-hybridized carbons (Fsp3) is 0.647. The van der Waals surface area contributed by atoms with Crippen molar-refractivity contribution in [3.05, 3.63) is 34.9 Å². The maximum absolute atomic E-state index is 13.6. The highest BCUT2D eigenvalue weighted by atomic mass is 19.1. The maximum atomic E-state index is 13.6. The van der Waals surface area contributed by atoms with Gasteiger partial charge in [-0.3, -0.25) is 0 Å². The summed E-state index contributed by atoms with van der Waals surface area (Å²) in [6.45, 7) is 10.3. The molecule has 1 N–H and O–H groups in total. The van der Waals surface area contributed by atoms with E-state index in [1.165, 1.54) is 0 Å². The first-order valence-corrected chi connectivity index (χ1v) is 7.55. The Labute approximate surface area is 121 Å². The number of aryl methyl sites for hydroxylation is 2. The Morgan fingerprint density at radius 1 is 1.05 bits per heavy atom. The van der Waals surface area contributed by atoms with Gasteiger partial charge in [0.1, 0.15) is 11.6 Å². The normalized spacial score (nSPS) is 12.9. The van der Waals surface area contributed by atoms with Crippen LogP contribution in [0, 0.1) is 30.4 Å². The third-order valence-corrected chi connectivity index (χ3v) is 3.60. The van der Waals surface area contributed by atoms with Gasteiger partial charge in [0, 0.05) is 6.07 Å². The fourth-order valence-electron chi connectivity index (χ4n) is 2.19. The molecule has 1 aromatic rings. The van der Waals surface area contributed by atoms with Crippen LogP contribution < -0.4 is 5.32 Å². The van der Waals surface area contributed by atoms with Gasteiger partial charge in [-0.1, -0.05) is 26.8 Å². The minimum absolute atomic E-state index is 0.418. The largest absolute Gasteiger partial charge is 0.316 e. The predicted molar refractivity (Wildman–Crippen MR) is 80.9 cm³/mol. The van der Waals surface area contributed by atoms with Gasteiger partial charge in [0.25, 0.3) is 0 Å². The lowest BCUT2D eigenvalue weighted by Crippen LogP contribution is -2.22.